The molecule has 0 aliphatic heterocycles. The molecule has 0 aliphatic carbocycles. The van der Waals surface area contributed by atoms with Crippen LogP contribution in [0.15, 0.2) is 71.1 Å². The number of hydrogen-bond acceptors (Lipinski definition) is 4. The standard InChI is InChI=1S/C24H18O4/c1-14(25)22-15(2)28-24-19(16-8-4-3-5-9-16)12-17(13-20(22)24)23(27)18-10-6-7-11-21(18)26/h3-13,26H,1-2H3. The molecule has 4 heteroatoms. The predicted molar refractivity (Wildman–Crippen MR) is 108 cm³/mol. The first-order chi connectivity index (χ1) is 13.5. The first-order valence-electron chi connectivity index (χ1n) is 8.93. The van der Waals surface area contributed by atoms with Crippen LogP contribution in [-0.2, 0) is 0 Å². The Morgan fingerprint density at radius 2 is 1.61 bits per heavy atom. The normalized spacial score (nSPS) is 10.9. The highest BCUT2D eigenvalue weighted by molar-refractivity contribution is 6.16. The number of phenols is 1. The maximum Gasteiger partial charge on any atom is 0.196 e. The topological polar surface area (TPSA) is 67.5 Å². The van der Waals surface area contributed by atoms with Crippen LogP contribution < -0.4 is 0 Å². The second-order valence-electron chi connectivity index (χ2n) is 6.70. The van der Waals surface area contributed by atoms with Gasteiger partial charge >= 0.3 is 0 Å². The summed E-state index contributed by atoms with van der Waals surface area (Å²) in [5.41, 5.74) is 3.25. The molecule has 1 N–H and O–H groups in total. The van der Waals surface area contributed by atoms with Gasteiger partial charge in [-0.05, 0) is 43.7 Å². The average Bonchev–Trinajstić information content (AvgIpc) is 3.03. The third-order valence-electron chi connectivity index (χ3n) is 4.81. The fourth-order valence-electron chi connectivity index (χ4n) is 3.54. The van der Waals surface area contributed by atoms with E-state index in [9.17, 15) is 14.7 Å². The van der Waals surface area contributed by atoms with E-state index in [0.29, 0.717) is 27.9 Å². The highest BCUT2D eigenvalue weighted by atomic mass is 16.3. The van der Waals surface area contributed by atoms with E-state index in [1.54, 1.807) is 37.3 Å². The first kappa shape index (κ1) is 17.7. The van der Waals surface area contributed by atoms with Gasteiger partial charge in [0.1, 0.15) is 17.1 Å². The molecule has 0 saturated heterocycles. The fraction of sp³-hybridized carbons (Fsp3) is 0.0833. The Morgan fingerprint density at radius 3 is 2.29 bits per heavy atom. The van der Waals surface area contributed by atoms with Crippen LogP contribution >= 0.6 is 0 Å². The minimum atomic E-state index is -0.314. The molecule has 1 heterocycles. The zero-order valence-corrected chi connectivity index (χ0v) is 15.5. The van der Waals surface area contributed by atoms with Crippen molar-refractivity contribution in [2.24, 2.45) is 0 Å². The molecule has 0 aliphatic rings. The summed E-state index contributed by atoms with van der Waals surface area (Å²) in [4.78, 5) is 25.3. The Kier molecular flexibility index (Phi) is 4.32. The summed E-state index contributed by atoms with van der Waals surface area (Å²) in [6.45, 7) is 3.23. The van der Waals surface area contributed by atoms with Crippen molar-refractivity contribution in [1.29, 1.82) is 0 Å². The maximum atomic E-state index is 13.1. The zero-order valence-electron chi connectivity index (χ0n) is 15.5. The highest BCUT2D eigenvalue weighted by Crippen LogP contribution is 2.36. The number of aryl methyl sites for hydroxylation is 1. The maximum absolute atomic E-state index is 13.1. The average molecular weight is 370 g/mol. The number of carbonyl (C=O) groups is 2. The van der Waals surface area contributed by atoms with Gasteiger partial charge in [-0.25, -0.2) is 0 Å². The summed E-state index contributed by atoms with van der Waals surface area (Å²) in [5.74, 6) is 0.00353. The molecule has 3 aromatic carbocycles. The van der Waals surface area contributed by atoms with E-state index in [1.165, 1.54) is 13.0 Å². The molecule has 0 atom stereocenters. The quantitative estimate of drug-likeness (QED) is 0.478. The van der Waals surface area contributed by atoms with E-state index in [-0.39, 0.29) is 22.9 Å². The number of aromatic hydroxyl groups is 1. The van der Waals surface area contributed by atoms with E-state index in [1.807, 2.05) is 30.3 Å². The molecule has 0 spiro atoms. The summed E-state index contributed by atoms with van der Waals surface area (Å²) in [6.07, 6.45) is 0. The van der Waals surface area contributed by atoms with Crippen molar-refractivity contribution >= 4 is 22.5 Å². The van der Waals surface area contributed by atoms with Crippen molar-refractivity contribution in [2.45, 2.75) is 13.8 Å². The van der Waals surface area contributed by atoms with Gasteiger partial charge in [0, 0.05) is 16.5 Å². The molecule has 1 aromatic heterocycles. The first-order valence-corrected chi connectivity index (χ1v) is 8.93. The van der Waals surface area contributed by atoms with Gasteiger partial charge in [0.2, 0.25) is 0 Å². The van der Waals surface area contributed by atoms with Crippen LogP contribution in [-0.4, -0.2) is 16.7 Å². The van der Waals surface area contributed by atoms with E-state index in [2.05, 4.69) is 0 Å². The van der Waals surface area contributed by atoms with E-state index in [4.69, 9.17) is 4.42 Å². The molecule has 28 heavy (non-hydrogen) atoms. The summed E-state index contributed by atoms with van der Waals surface area (Å²) in [5, 5.41) is 10.7. The lowest BCUT2D eigenvalue weighted by Crippen LogP contribution is -2.03. The fourth-order valence-corrected chi connectivity index (χ4v) is 3.54. The molecule has 0 radical (unpaired) electrons. The molecule has 138 valence electrons. The summed E-state index contributed by atoms with van der Waals surface area (Å²) < 4.78 is 5.93. The second kappa shape index (κ2) is 6.82. The molecular weight excluding hydrogens is 352 g/mol. The number of phenolic OH excluding ortho intramolecular Hbond substituents is 1. The van der Waals surface area contributed by atoms with Gasteiger partial charge in [-0.3, -0.25) is 9.59 Å². The Bertz CT molecular complexity index is 1220. The number of hydrogen-bond donors (Lipinski definition) is 1. The minimum absolute atomic E-state index is 0.0796. The molecule has 4 nitrogen and oxygen atoms in total. The largest absolute Gasteiger partial charge is 0.507 e. The number of fused-ring (bicyclic) bond motifs is 1. The summed E-state index contributed by atoms with van der Waals surface area (Å²) in [7, 11) is 0. The molecule has 0 saturated carbocycles. The van der Waals surface area contributed by atoms with E-state index in [0.717, 1.165) is 11.1 Å². The predicted octanol–water partition coefficient (Wildman–Crippen LogP) is 5.55. The SMILES string of the molecule is CC(=O)c1c(C)oc2c(-c3ccccc3)cc(C(=O)c3ccccc3O)cc12. The molecular formula is C24H18O4. The van der Waals surface area contributed by atoms with Gasteiger partial charge in [-0.2, -0.15) is 0 Å². The minimum Gasteiger partial charge on any atom is -0.507 e. The van der Waals surface area contributed by atoms with Crippen LogP contribution in [0.2, 0.25) is 0 Å². The van der Waals surface area contributed by atoms with Gasteiger partial charge in [0.25, 0.3) is 0 Å². The van der Waals surface area contributed by atoms with Crippen LogP contribution in [0, 0.1) is 6.92 Å². The number of furan rings is 1. The number of carbonyl (C=O) groups excluding carboxylic acids is 2. The monoisotopic (exact) mass is 370 g/mol. The molecule has 0 fully saturated rings. The number of rotatable bonds is 4. The lowest BCUT2D eigenvalue weighted by molar-refractivity contribution is 0.101. The van der Waals surface area contributed by atoms with Crippen molar-refractivity contribution in [3.05, 3.63) is 89.2 Å². The van der Waals surface area contributed by atoms with Gasteiger partial charge in [0.05, 0.1) is 11.1 Å². The molecule has 4 aromatic rings. The van der Waals surface area contributed by atoms with Gasteiger partial charge < -0.3 is 9.52 Å². The molecule has 0 bridgehead atoms. The van der Waals surface area contributed by atoms with E-state index < -0.39 is 0 Å². The smallest absolute Gasteiger partial charge is 0.196 e. The Morgan fingerprint density at radius 1 is 0.929 bits per heavy atom. The lowest BCUT2D eigenvalue weighted by atomic mass is 9.94. The highest BCUT2D eigenvalue weighted by Gasteiger charge is 2.22. The Balaban J connectivity index is 2.03. The Hall–Kier alpha value is -3.66. The third kappa shape index (κ3) is 2.89. The van der Waals surface area contributed by atoms with Gasteiger partial charge in [0.15, 0.2) is 11.6 Å². The summed E-state index contributed by atoms with van der Waals surface area (Å²) >= 11 is 0. The van der Waals surface area contributed by atoms with Crippen molar-refractivity contribution in [3.63, 3.8) is 0 Å². The zero-order chi connectivity index (χ0) is 19.8. The van der Waals surface area contributed by atoms with Crippen LogP contribution in [0.1, 0.15) is 39.0 Å². The van der Waals surface area contributed by atoms with Crippen LogP contribution in [0.25, 0.3) is 22.1 Å². The van der Waals surface area contributed by atoms with Crippen molar-refractivity contribution in [3.8, 4) is 16.9 Å². The second-order valence-corrected chi connectivity index (χ2v) is 6.70. The summed E-state index contributed by atoms with van der Waals surface area (Å²) in [6, 6.07) is 19.4. The molecule has 4 rings (SSSR count). The third-order valence-corrected chi connectivity index (χ3v) is 4.81. The Labute approximate surface area is 162 Å². The van der Waals surface area contributed by atoms with Crippen LogP contribution in [0.3, 0.4) is 0 Å². The number of Topliss-reactive ketones (excluding diaryl/α,β-unsaturated/α-hetero) is 1. The van der Waals surface area contributed by atoms with E-state index >= 15 is 0 Å². The van der Waals surface area contributed by atoms with Crippen LogP contribution in [0.4, 0.5) is 0 Å². The molecule has 0 amide bonds. The van der Waals surface area contributed by atoms with Crippen molar-refractivity contribution in [1.82, 2.24) is 0 Å². The van der Waals surface area contributed by atoms with Crippen LogP contribution in [0.5, 0.6) is 5.75 Å². The number of para-hydroxylation sites is 1. The van der Waals surface area contributed by atoms with Crippen molar-refractivity contribution < 1.29 is 19.1 Å². The van der Waals surface area contributed by atoms with Gasteiger partial charge in [-0.15, -0.1) is 0 Å². The van der Waals surface area contributed by atoms with Crippen molar-refractivity contribution in [2.75, 3.05) is 0 Å². The van der Waals surface area contributed by atoms with Gasteiger partial charge in [-0.1, -0.05) is 42.5 Å². The lowest BCUT2D eigenvalue weighted by Gasteiger charge is -2.08. The molecule has 0 unspecified atom stereocenters. The number of benzene rings is 3. The number of ketones is 2.